The second kappa shape index (κ2) is 8.65. The summed E-state index contributed by atoms with van der Waals surface area (Å²) >= 11 is 0. The normalized spacial score (nSPS) is 18.9. The van der Waals surface area contributed by atoms with Crippen LogP contribution in [-0.4, -0.2) is 11.8 Å². The Hall–Kier alpha value is -3.35. The van der Waals surface area contributed by atoms with Gasteiger partial charge >= 0.3 is 12.1 Å². The highest BCUT2D eigenvalue weighted by Crippen LogP contribution is 2.46. The second-order valence-electron chi connectivity index (χ2n) is 7.91. The molecular weight excluding hydrogens is 419 g/mol. The van der Waals surface area contributed by atoms with Gasteiger partial charge in [0.15, 0.2) is 5.78 Å². The number of benzene rings is 2. The number of carbonyl (C=O) groups excluding carboxylic acids is 2. The number of dihydropyridines is 1. The molecule has 0 saturated heterocycles. The molecule has 0 amide bonds. The van der Waals surface area contributed by atoms with E-state index in [1.54, 1.807) is 31.2 Å². The third-order valence-corrected chi connectivity index (χ3v) is 5.79. The number of ketones is 1. The predicted molar refractivity (Wildman–Crippen MR) is 112 cm³/mol. The van der Waals surface area contributed by atoms with Gasteiger partial charge in [-0.2, -0.15) is 13.2 Å². The Kier molecular flexibility index (Phi) is 5.91. The molecular formula is C25H22F3NO3. The Morgan fingerprint density at radius 3 is 2.47 bits per heavy atom. The van der Waals surface area contributed by atoms with E-state index < -0.39 is 23.6 Å². The molecule has 1 aliphatic heterocycles. The van der Waals surface area contributed by atoms with Gasteiger partial charge in [-0.05, 0) is 37.0 Å². The molecule has 1 atom stereocenters. The van der Waals surface area contributed by atoms with E-state index in [1.165, 1.54) is 18.2 Å². The first-order chi connectivity index (χ1) is 15.3. The lowest BCUT2D eigenvalue weighted by molar-refractivity contribution is -0.142. The molecule has 0 radical (unpaired) electrons. The average molecular weight is 441 g/mol. The summed E-state index contributed by atoms with van der Waals surface area (Å²) in [6, 6.07) is 14.1. The highest BCUT2D eigenvalue weighted by atomic mass is 19.4. The topological polar surface area (TPSA) is 55.4 Å². The number of alkyl halides is 3. The zero-order chi connectivity index (χ0) is 22.9. The summed E-state index contributed by atoms with van der Waals surface area (Å²) < 4.78 is 47.1. The minimum atomic E-state index is -4.63. The Morgan fingerprint density at radius 2 is 1.75 bits per heavy atom. The summed E-state index contributed by atoms with van der Waals surface area (Å²) in [4.78, 5) is 26.0. The van der Waals surface area contributed by atoms with Crippen molar-refractivity contribution in [2.75, 3.05) is 0 Å². The third-order valence-electron chi connectivity index (χ3n) is 5.79. The Labute approximate surface area is 183 Å². The summed E-state index contributed by atoms with van der Waals surface area (Å²) in [7, 11) is 0. The van der Waals surface area contributed by atoms with Gasteiger partial charge in [-0.15, -0.1) is 0 Å². The largest absolute Gasteiger partial charge is 0.457 e. The number of Topliss-reactive ketones (excluding diaryl/α,β-unsaturated/α-hetero) is 1. The maximum atomic E-state index is 13.9. The van der Waals surface area contributed by atoms with Crippen LogP contribution in [0.1, 0.15) is 48.8 Å². The van der Waals surface area contributed by atoms with E-state index in [4.69, 9.17) is 4.74 Å². The van der Waals surface area contributed by atoms with Crippen LogP contribution >= 0.6 is 0 Å². The molecule has 32 heavy (non-hydrogen) atoms. The summed E-state index contributed by atoms with van der Waals surface area (Å²) in [6.07, 6.45) is -3.25. The molecule has 2 aromatic carbocycles. The van der Waals surface area contributed by atoms with Crippen molar-refractivity contribution < 1.29 is 27.5 Å². The predicted octanol–water partition coefficient (Wildman–Crippen LogP) is 5.42. The van der Waals surface area contributed by atoms with Crippen molar-refractivity contribution in [2.24, 2.45) is 0 Å². The van der Waals surface area contributed by atoms with E-state index in [9.17, 15) is 22.8 Å². The van der Waals surface area contributed by atoms with Crippen LogP contribution in [0.25, 0.3) is 0 Å². The van der Waals surface area contributed by atoms with Crippen LogP contribution in [0.15, 0.2) is 77.1 Å². The standard InChI is InChI=1S/C25H22F3NO3/c1-15-21(24(31)32-14-16-8-3-2-4-9-16)22(23-19(29-15)12-7-13-20(23)30)17-10-5-6-11-18(17)25(26,27)28/h2-6,8-11,22,29H,7,12-14H2,1H3/t22-/m0/s1. The van der Waals surface area contributed by atoms with Gasteiger partial charge in [0.2, 0.25) is 0 Å². The molecule has 2 aliphatic rings. The van der Waals surface area contributed by atoms with Crippen LogP contribution in [0.4, 0.5) is 13.2 Å². The van der Waals surface area contributed by atoms with Gasteiger partial charge in [-0.25, -0.2) is 4.79 Å². The molecule has 0 aromatic heterocycles. The zero-order valence-corrected chi connectivity index (χ0v) is 17.5. The number of allylic oxidation sites excluding steroid dienone is 3. The number of rotatable bonds is 4. The Balaban J connectivity index is 1.80. The molecule has 0 bridgehead atoms. The van der Waals surface area contributed by atoms with Crippen molar-refractivity contribution in [2.45, 2.75) is 44.9 Å². The van der Waals surface area contributed by atoms with Crippen LogP contribution in [0.2, 0.25) is 0 Å². The first-order valence-electron chi connectivity index (χ1n) is 10.4. The molecule has 0 saturated carbocycles. The minimum Gasteiger partial charge on any atom is -0.457 e. The van der Waals surface area contributed by atoms with Gasteiger partial charge in [0, 0.05) is 29.3 Å². The van der Waals surface area contributed by atoms with Gasteiger partial charge in [0.25, 0.3) is 0 Å². The molecule has 1 aliphatic carbocycles. The van der Waals surface area contributed by atoms with Crippen molar-refractivity contribution >= 4 is 11.8 Å². The number of halogens is 3. The Morgan fingerprint density at radius 1 is 1.06 bits per heavy atom. The molecule has 4 rings (SSSR count). The fourth-order valence-corrected chi connectivity index (χ4v) is 4.37. The van der Waals surface area contributed by atoms with Gasteiger partial charge in [0.05, 0.1) is 11.1 Å². The van der Waals surface area contributed by atoms with Crippen LogP contribution in [0.3, 0.4) is 0 Å². The van der Waals surface area contributed by atoms with Crippen molar-refractivity contribution in [3.05, 3.63) is 93.8 Å². The number of ether oxygens (including phenoxy) is 1. The van der Waals surface area contributed by atoms with E-state index in [0.717, 1.165) is 11.6 Å². The molecule has 0 spiro atoms. The summed E-state index contributed by atoms with van der Waals surface area (Å²) in [6.45, 7) is 1.61. The fourth-order valence-electron chi connectivity index (χ4n) is 4.37. The van der Waals surface area contributed by atoms with Crippen LogP contribution in [0, 0.1) is 0 Å². The van der Waals surface area contributed by atoms with E-state index in [-0.39, 0.29) is 35.5 Å². The van der Waals surface area contributed by atoms with Crippen LogP contribution in [0.5, 0.6) is 0 Å². The molecule has 0 unspecified atom stereocenters. The lowest BCUT2D eigenvalue weighted by Gasteiger charge is -2.35. The lowest BCUT2D eigenvalue weighted by Crippen LogP contribution is -2.35. The van der Waals surface area contributed by atoms with Crippen LogP contribution < -0.4 is 5.32 Å². The van der Waals surface area contributed by atoms with Crippen molar-refractivity contribution in [3.8, 4) is 0 Å². The smallest absolute Gasteiger partial charge is 0.416 e. The number of hydrogen-bond donors (Lipinski definition) is 1. The molecule has 7 heteroatoms. The number of nitrogens with one attached hydrogen (secondary N) is 1. The first-order valence-corrected chi connectivity index (χ1v) is 10.4. The van der Waals surface area contributed by atoms with E-state index in [1.807, 2.05) is 6.07 Å². The van der Waals surface area contributed by atoms with E-state index >= 15 is 0 Å². The van der Waals surface area contributed by atoms with Gasteiger partial charge < -0.3 is 10.1 Å². The number of carbonyl (C=O) groups is 2. The van der Waals surface area contributed by atoms with Gasteiger partial charge in [-0.1, -0.05) is 48.5 Å². The molecule has 2 aromatic rings. The van der Waals surface area contributed by atoms with Gasteiger partial charge in [-0.3, -0.25) is 4.79 Å². The molecule has 166 valence electrons. The average Bonchev–Trinajstić information content (AvgIpc) is 2.77. The first kappa shape index (κ1) is 21.9. The maximum Gasteiger partial charge on any atom is 0.416 e. The summed E-state index contributed by atoms with van der Waals surface area (Å²) in [5.74, 6) is -2.13. The molecule has 4 nitrogen and oxygen atoms in total. The quantitative estimate of drug-likeness (QED) is 0.644. The maximum absolute atomic E-state index is 13.9. The van der Waals surface area contributed by atoms with Crippen molar-refractivity contribution in [1.82, 2.24) is 5.32 Å². The summed E-state index contributed by atoms with van der Waals surface area (Å²) in [5, 5.41) is 3.09. The monoisotopic (exact) mass is 441 g/mol. The van der Waals surface area contributed by atoms with E-state index in [2.05, 4.69) is 5.32 Å². The van der Waals surface area contributed by atoms with Crippen LogP contribution in [-0.2, 0) is 27.1 Å². The van der Waals surface area contributed by atoms with Crippen molar-refractivity contribution in [1.29, 1.82) is 0 Å². The number of hydrogen-bond acceptors (Lipinski definition) is 4. The van der Waals surface area contributed by atoms with Crippen molar-refractivity contribution in [3.63, 3.8) is 0 Å². The molecule has 1 N–H and O–H groups in total. The fraction of sp³-hybridized carbons (Fsp3) is 0.280. The SMILES string of the molecule is CC1=C(C(=O)OCc2ccccc2)[C@H](c2ccccc2C(F)(F)F)C2=C(CCCC2=O)N1. The Bertz CT molecular complexity index is 1120. The zero-order valence-electron chi connectivity index (χ0n) is 17.5. The van der Waals surface area contributed by atoms with E-state index in [0.29, 0.717) is 24.2 Å². The summed E-state index contributed by atoms with van der Waals surface area (Å²) in [5.41, 5.74) is 1.02. The molecule has 0 fully saturated rings. The highest BCUT2D eigenvalue weighted by molar-refractivity contribution is 6.03. The highest BCUT2D eigenvalue weighted by Gasteiger charge is 2.43. The number of esters is 1. The second-order valence-corrected chi connectivity index (χ2v) is 7.91. The lowest BCUT2D eigenvalue weighted by atomic mass is 9.74. The van der Waals surface area contributed by atoms with Gasteiger partial charge in [0.1, 0.15) is 6.61 Å². The third kappa shape index (κ3) is 4.20. The minimum absolute atomic E-state index is 0.0239. The molecule has 1 heterocycles.